The summed E-state index contributed by atoms with van der Waals surface area (Å²) in [4.78, 5) is 15.1. The van der Waals surface area contributed by atoms with Gasteiger partial charge in [-0.05, 0) is 39.3 Å². The van der Waals surface area contributed by atoms with Gasteiger partial charge in [0.25, 0.3) is 0 Å². The molecule has 0 amide bonds. The Morgan fingerprint density at radius 1 is 1.44 bits per heavy atom. The van der Waals surface area contributed by atoms with Crippen LogP contribution in [0.2, 0.25) is 0 Å². The molecule has 1 aromatic rings. The molecule has 0 aromatic carbocycles. The molecule has 0 aliphatic heterocycles. The summed E-state index contributed by atoms with van der Waals surface area (Å²) in [5.74, 6) is 0.607. The standard InChI is InChI=1S/C14H19NO3/c1-5-17-9-6-10-11(8-15-12(10)7-9)13(16)18-14(2,3)4/h7-8,15H,5-6H2,1-4H3. The Labute approximate surface area is 107 Å². The number of aromatic nitrogens is 1. The zero-order chi connectivity index (χ0) is 13.3. The van der Waals surface area contributed by atoms with Crippen molar-refractivity contribution in [3.8, 4) is 0 Å². The molecule has 0 bridgehead atoms. The van der Waals surface area contributed by atoms with Crippen molar-refractivity contribution in [2.24, 2.45) is 0 Å². The average molecular weight is 249 g/mol. The molecule has 0 radical (unpaired) electrons. The molecule has 2 rings (SSSR count). The van der Waals surface area contributed by atoms with E-state index in [1.54, 1.807) is 6.20 Å². The van der Waals surface area contributed by atoms with E-state index in [0.717, 1.165) is 17.0 Å². The molecule has 0 saturated heterocycles. The average Bonchev–Trinajstić information content (AvgIpc) is 2.73. The van der Waals surface area contributed by atoms with Crippen LogP contribution in [-0.4, -0.2) is 23.2 Å². The third-order valence-corrected chi connectivity index (χ3v) is 2.63. The fourth-order valence-electron chi connectivity index (χ4n) is 1.97. The Bertz CT molecular complexity index is 492. The highest BCUT2D eigenvalue weighted by molar-refractivity contribution is 5.93. The molecule has 0 fully saturated rings. The van der Waals surface area contributed by atoms with Gasteiger partial charge in [0.2, 0.25) is 0 Å². The first kappa shape index (κ1) is 12.7. The molecule has 18 heavy (non-hydrogen) atoms. The minimum absolute atomic E-state index is 0.286. The monoisotopic (exact) mass is 249 g/mol. The lowest BCUT2D eigenvalue weighted by atomic mass is 10.1. The van der Waals surface area contributed by atoms with E-state index >= 15 is 0 Å². The molecule has 98 valence electrons. The van der Waals surface area contributed by atoms with Gasteiger partial charge in [-0.2, -0.15) is 0 Å². The largest absolute Gasteiger partial charge is 0.498 e. The van der Waals surface area contributed by atoms with Crippen molar-refractivity contribution < 1.29 is 14.3 Å². The number of rotatable bonds is 3. The number of nitrogens with one attached hydrogen (secondary N) is 1. The predicted molar refractivity (Wildman–Crippen MR) is 69.3 cm³/mol. The second-order valence-corrected chi connectivity index (χ2v) is 5.32. The predicted octanol–water partition coefficient (Wildman–Crippen LogP) is 2.90. The van der Waals surface area contributed by atoms with Crippen LogP contribution < -0.4 is 0 Å². The quantitative estimate of drug-likeness (QED) is 0.838. The van der Waals surface area contributed by atoms with Crippen LogP contribution in [0.25, 0.3) is 6.08 Å². The molecule has 4 nitrogen and oxygen atoms in total. The molecular weight excluding hydrogens is 230 g/mol. The van der Waals surface area contributed by atoms with Crippen molar-refractivity contribution >= 4 is 12.0 Å². The molecule has 1 aliphatic carbocycles. The molecule has 4 heteroatoms. The second-order valence-electron chi connectivity index (χ2n) is 5.32. The van der Waals surface area contributed by atoms with E-state index < -0.39 is 5.60 Å². The highest BCUT2D eigenvalue weighted by Crippen LogP contribution is 2.29. The van der Waals surface area contributed by atoms with Crippen LogP contribution >= 0.6 is 0 Å². The van der Waals surface area contributed by atoms with Gasteiger partial charge in [-0.1, -0.05) is 0 Å². The van der Waals surface area contributed by atoms with Crippen LogP contribution in [0.1, 0.15) is 49.3 Å². The fraction of sp³-hybridized carbons (Fsp3) is 0.500. The lowest BCUT2D eigenvalue weighted by Crippen LogP contribution is -2.24. The maximum absolute atomic E-state index is 12.0. The molecule has 1 aliphatic rings. The van der Waals surface area contributed by atoms with Gasteiger partial charge in [-0.15, -0.1) is 0 Å². The Kier molecular flexibility index (Phi) is 3.20. The van der Waals surface area contributed by atoms with Gasteiger partial charge in [0.05, 0.1) is 12.2 Å². The van der Waals surface area contributed by atoms with Gasteiger partial charge < -0.3 is 14.5 Å². The Balaban J connectivity index is 2.15. The highest BCUT2D eigenvalue weighted by atomic mass is 16.6. The number of aromatic amines is 1. The Hall–Kier alpha value is -1.71. The van der Waals surface area contributed by atoms with Crippen molar-refractivity contribution in [1.29, 1.82) is 0 Å². The summed E-state index contributed by atoms with van der Waals surface area (Å²) in [7, 11) is 0. The van der Waals surface area contributed by atoms with Gasteiger partial charge in [0.15, 0.2) is 0 Å². The zero-order valence-corrected chi connectivity index (χ0v) is 11.3. The number of esters is 1. The van der Waals surface area contributed by atoms with Gasteiger partial charge in [0.1, 0.15) is 11.4 Å². The third kappa shape index (κ3) is 2.58. The van der Waals surface area contributed by atoms with Crippen LogP contribution in [-0.2, 0) is 15.9 Å². The van der Waals surface area contributed by atoms with E-state index in [1.165, 1.54) is 0 Å². The van der Waals surface area contributed by atoms with E-state index in [1.807, 2.05) is 33.8 Å². The van der Waals surface area contributed by atoms with E-state index in [-0.39, 0.29) is 5.97 Å². The summed E-state index contributed by atoms with van der Waals surface area (Å²) in [6.07, 6.45) is 4.30. The first-order valence-electron chi connectivity index (χ1n) is 6.17. The number of ether oxygens (including phenoxy) is 2. The molecule has 0 unspecified atom stereocenters. The van der Waals surface area contributed by atoms with Crippen LogP contribution in [0.5, 0.6) is 0 Å². The lowest BCUT2D eigenvalue weighted by molar-refractivity contribution is 0.00687. The van der Waals surface area contributed by atoms with Crippen LogP contribution in [0.3, 0.4) is 0 Å². The first-order valence-corrected chi connectivity index (χ1v) is 6.17. The Morgan fingerprint density at radius 2 is 2.17 bits per heavy atom. The van der Waals surface area contributed by atoms with Crippen LogP contribution in [0.15, 0.2) is 12.0 Å². The van der Waals surface area contributed by atoms with Crippen molar-refractivity contribution in [3.63, 3.8) is 0 Å². The summed E-state index contributed by atoms with van der Waals surface area (Å²) in [6, 6.07) is 0. The molecule has 0 spiro atoms. The van der Waals surface area contributed by atoms with E-state index in [4.69, 9.17) is 9.47 Å². The number of fused-ring (bicyclic) bond motifs is 1. The molecule has 0 atom stereocenters. The smallest absolute Gasteiger partial charge is 0.340 e. The van der Waals surface area contributed by atoms with E-state index in [0.29, 0.717) is 18.6 Å². The molecule has 1 heterocycles. The highest BCUT2D eigenvalue weighted by Gasteiger charge is 2.26. The van der Waals surface area contributed by atoms with Gasteiger partial charge in [-0.25, -0.2) is 4.79 Å². The van der Waals surface area contributed by atoms with Crippen molar-refractivity contribution in [2.45, 2.75) is 39.7 Å². The van der Waals surface area contributed by atoms with Crippen LogP contribution in [0, 0.1) is 0 Å². The number of carbonyl (C=O) groups is 1. The van der Waals surface area contributed by atoms with E-state index in [2.05, 4.69) is 4.98 Å². The topological polar surface area (TPSA) is 51.3 Å². The van der Waals surface area contributed by atoms with Gasteiger partial charge >= 0.3 is 5.97 Å². The SMILES string of the molecule is CCOC1=Cc2[nH]cc(C(=O)OC(C)(C)C)c2C1. The number of H-pyrrole nitrogens is 1. The summed E-state index contributed by atoms with van der Waals surface area (Å²) in [5, 5.41) is 0. The van der Waals surface area contributed by atoms with Gasteiger partial charge in [0, 0.05) is 18.3 Å². The van der Waals surface area contributed by atoms with Gasteiger partial charge in [-0.3, -0.25) is 0 Å². The van der Waals surface area contributed by atoms with Crippen molar-refractivity contribution in [3.05, 3.63) is 28.8 Å². The normalized spacial score (nSPS) is 14.1. The number of hydrogen-bond donors (Lipinski definition) is 1. The summed E-state index contributed by atoms with van der Waals surface area (Å²) >= 11 is 0. The summed E-state index contributed by atoms with van der Waals surface area (Å²) < 4.78 is 10.8. The second kappa shape index (κ2) is 4.52. The number of hydrogen-bond acceptors (Lipinski definition) is 3. The zero-order valence-electron chi connectivity index (χ0n) is 11.3. The first-order chi connectivity index (χ1) is 8.40. The Morgan fingerprint density at radius 3 is 2.78 bits per heavy atom. The van der Waals surface area contributed by atoms with Crippen molar-refractivity contribution in [1.82, 2.24) is 4.98 Å². The molecule has 1 aromatic heterocycles. The molecule has 1 N–H and O–H groups in total. The minimum atomic E-state index is -0.476. The maximum Gasteiger partial charge on any atom is 0.340 e. The minimum Gasteiger partial charge on any atom is -0.498 e. The molecule has 0 saturated carbocycles. The van der Waals surface area contributed by atoms with Crippen LogP contribution in [0.4, 0.5) is 0 Å². The fourth-order valence-corrected chi connectivity index (χ4v) is 1.97. The number of allylic oxidation sites excluding steroid dienone is 1. The van der Waals surface area contributed by atoms with Crippen molar-refractivity contribution in [2.75, 3.05) is 6.61 Å². The number of carbonyl (C=O) groups excluding carboxylic acids is 1. The van der Waals surface area contributed by atoms with E-state index in [9.17, 15) is 4.79 Å². The third-order valence-electron chi connectivity index (χ3n) is 2.63. The molecular formula is C14H19NO3. The maximum atomic E-state index is 12.0. The lowest BCUT2D eigenvalue weighted by Gasteiger charge is -2.19. The summed E-state index contributed by atoms with van der Waals surface area (Å²) in [5.41, 5.74) is 2.04. The summed E-state index contributed by atoms with van der Waals surface area (Å²) in [6.45, 7) is 8.17.